The van der Waals surface area contributed by atoms with E-state index in [0.29, 0.717) is 12.0 Å². The van der Waals surface area contributed by atoms with Gasteiger partial charge in [0.1, 0.15) is 0 Å². The van der Waals surface area contributed by atoms with Gasteiger partial charge in [-0.15, -0.1) is 24.0 Å². The molecule has 3 nitrogen and oxygen atoms in total. The predicted octanol–water partition coefficient (Wildman–Crippen LogP) is 3.81. The molecule has 19 heavy (non-hydrogen) atoms. The van der Waals surface area contributed by atoms with Crippen molar-refractivity contribution in [1.82, 2.24) is 5.32 Å². The number of hydrogen-bond donors (Lipinski definition) is 2. The van der Waals surface area contributed by atoms with Gasteiger partial charge in [0.25, 0.3) is 0 Å². The fourth-order valence-electron chi connectivity index (χ4n) is 3.38. The molecule has 0 aliphatic heterocycles. The molecule has 2 rings (SSSR count). The second kappa shape index (κ2) is 9.83. The summed E-state index contributed by atoms with van der Waals surface area (Å²) in [5, 5.41) is 3.38. The lowest BCUT2D eigenvalue weighted by Gasteiger charge is -2.23. The van der Waals surface area contributed by atoms with Crippen molar-refractivity contribution in [2.24, 2.45) is 16.6 Å². The van der Waals surface area contributed by atoms with E-state index < -0.39 is 0 Å². The molecule has 2 saturated carbocycles. The highest BCUT2D eigenvalue weighted by Gasteiger charge is 2.14. The topological polar surface area (TPSA) is 50.4 Å². The summed E-state index contributed by atoms with van der Waals surface area (Å²) < 4.78 is 0. The minimum Gasteiger partial charge on any atom is -0.370 e. The zero-order valence-corrected chi connectivity index (χ0v) is 14.4. The van der Waals surface area contributed by atoms with Crippen molar-refractivity contribution in [3.8, 4) is 0 Å². The van der Waals surface area contributed by atoms with Crippen molar-refractivity contribution < 1.29 is 0 Å². The quantitative estimate of drug-likeness (QED) is 0.330. The van der Waals surface area contributed by atoms with Gasteiger partial charge in [0, 0.05) is 12.6 Å². The summed E-state index contributed by atoms with van der Waals surface area (Å²) in [6.07, 6.45) is 14.9. The highest BCUT2D eigenvalue weighted by Crippen LogP contribution is 2.28. The van der Waals surface area contributed by atoms with Crippen LogP contribution in [0, 0.1) is 5.92 Å². The highest BCUT2D eigenvalue weighted by molar-refractivity contribution is 14.0. The van der Waals surface area contributed by atoms with E-state index in [1.165, 1.54) is 70.6 Å². The van der Waals surface area contributed by atoms with Crippen LogP contribution < -0.4 is 11.1 Å². The minimum atomic E-state index is 0. The second-order valence-corrected chi connectivity index (χ2v) is 6.04. The third kappa shape index (κ3) is 6.82. The molecule has 3 N–H and O–H groups in total. The Kier molecular flexibility index (Phi) is 8.83. The largest absolute Gasteiger partial charge is 0.370 e. The molecule has 0 amide bonds. The van der Waals surface area contributed by atoms with E-state index in [-0.39, 0.29) is 24.0 Å². The van der Waals surface area contributed by atoms with Gasteiger partial charge in [-0.2, -0.15) is 0 Å². The lowest BCUT2D eigenvalue weighted by Crippen LogP contribution is -2.41. The number of nitrogens with one attached hydrogen (secondary N) is 1. The maximum absolute atomic E-state index is 5.94. The third-order valence-electron chi connectivity index (χ3n) is 4.48. The summed E-state index contributed by atoms with van der Waals surface area (Å²) in [7, 11) is 0. The van der Waals surface area contributed by atoms with Gasteiger partial charge in [0.15, 0.2) is 5.96 Å². The average Bonchev–Trinajstić information content (AvgIpc) is 2.89. The van der Waals surface area contributed by atoms with E-state index in [0.717, 1.165) is 12.5 Å². The van der Waals surface area contributed by atoms with Crippen LogP contribution in [-0.2, 0) is 0 Å². The molecule has 0 atom stereocenters. The van der Waals surface area contributed by atoms with Crippen LogP contribution in [0.2, 0.25) is 0 Å². The SMILES string of the molecule is I.NC(=NCCCC1CCCC1)NC1CCCCC1. The van der Waals surface area contributed by atoms with Crippen molar-refractivity contribution in [3.63, 3.8) is 0 Å². The number of guanidine groups is 1. The molecular formula is C15H30IN3. The Morgan fingerprint density at radius 2 is 1.63 bits per heavy atom. The van der Waals surface area contributed by atoms with Gasteiger partial charge in [-0.05, 0) is 31.6 Å². The van der Waals surface area contributed by atoms with Gasteiger partial charge in [-0.25, -0.2) is 0 Å². The van der Waals surface area contributed by atoms with E-state index in [1.807, 2.05) is 0 Å². The van der Waals surface area contributed by atoms with Gasteiger partial charge in [-0.1, -0.05) is 44.9 Å². The first-order valence-electron chi connectivity index (χ1n) is 7.91. The fraction of sp³-hybridized carbons (Fsp3) is 0.933. The maximum Gasteiger partial charge on any atom is 0.188 e. The smallest absolute Gasteiger partial charge is 0.188 e. The molecule has 0 aromatic rings. The Bertz CT molecular complexity index is 256. The number of hydrogen-bond acceptors (Lipinski definition) is 1. The van der Waals surface area contributed by atoms with Crippen LogP contribution >= 0.6 is 24.0 Å². The van der Waals surface area contributed by atoms with Crippen LogP contribution in [0.5, 0.6) is 0 Å². The van der Waals surface area contributed by atoms with Crippen molar-refractivity contribution in [3.05, 3.63) is 0 Å². The van der Waals surface area contributed by atoms with Crippen molar-refractivity contribution in [2.75, 3.05) is 6.54 Å². The number of nitrogens with two attached hydrogens (primary N) is 1. The Labute approximate surface area is 135 Å². The molecule has 2 aliphatic rings. The molecule has 2 aliphatic carbocycles. The Morgan fingerprint density at radius 3 is 2.32 bits per heavy atom. The molecule has 0 aromatic carbocycles. The molecule has 112 valence electrons. The van der Waals surface area contributed by atoms with Gasteiger partial charge in [-0.3, -0.25) is 4.99 Å². The van der Waals surface area contributed by atoms with Crippen LogP contribution in [0.15, 0.2) is 4.99 Å². The van der Waals surface area contributed by atoms with Crippen molar-refractivity contribution in [2.45, 2.75) is 76.7 Å². The summed E-state index contributed by atoms with van der Waals surface area (Å²) in [5.41, 5.74) is 5.94. The number of rotatable bonds is 5. The number of halogens is 1. The number of nitrogens with zero attached hydrogens (tertiary/aromatic N) is 1. The van der Waals surface area contributed by atoms with Crippen molar-refractivity contribution >= 4 is 29.9 Å². The van der Waals surface area contributed by atoms with E-state index in [2.05, 4.69) is 10.3 Å². The lowest BCUT2D eigenvalue weighted by molar-refractivity contribution is 0.412. The molecule has 0 aromatic heterocycles. The van der Waals surface area contributed by atoms with E-state index >= 15 is 0 Å². The van der Waals surface area contributed by atoms with Crippen LogP contribution in [-0.4, -0.2) is 18.5 Å². The van der Waals surface area contributed by atoms with Crippen molar-refractivity contribution in [1.29, 1.82) is 0 Å². The molecule has 0 spiro atoms. The average molecular weight is 379 g/mol. The second-order valence-electron chi connectivity index (χ2n) is 6.04. The summed E-state index contributed by atoms with van der Waals surface area (Å²) in [6, 6.07) is 0.581. The van der Waals surface area contributed by atoms with E-state index in [4.69, 9.17) is 5.73 Å². The van der Waals surface area contributed by atoms with Crippen LogP contribution in [0.25, 0.3) is 0 Å². The molecule has 0 radical (unpaired) electrons. The summed E-state index contributed by atoms with van der Waals surface area (Å²) in [4.78, 5) is 4.46. The van der Waals surface area contributed by atoms with Gasteiger partial charge >= 0.3 is 0 Å². The Hall–Kier alpha value is 0. The Balaban J connectivity index is 0.00000180. The summed E-state index contributed by atoms with van der Waals surface area (Å²) in [6.45, 7) is 0.905. The zero-order chi connectivity index (χ0) is 12.6. The van der Waals surface area contributed by atoms with Crippen LogP contribution in [0.4, 0.5) is 0 Å². The highest BCUT2D eigenvalue weighted by atomic mass is 127. The molecular weight excluding hydrogens is 349 g/mol. The summed E-state index contributed by atoms with van der Waals surface area (Å²) >= 11 is 0. The van der Waals surface area contributed by atoms with Gasteiger partial charge < -0.3 is 11.1 Å². The molecule has 0 bridgehead atoms. The molecule has 0 unspecified atom stereocenters. The maximum atomic E-state index is 5.94. The first-order chi connectivity index (χ1) is 8.84. The fourth-order valence-corrected chi connectivity index (χ4v) is 3.38. The van der Waals surface area contributed by atoms with E-state index in [1.54, 1.807) is 0 Å². The molecule has 4 heteroatoms. The number of aliphatic imine (C=N–C) groups is 1. The Morgan fingerprint density at radius 1 is 1.00 bits per heavy atom. The minimum absolute atomic E-state index is 0. The molecule has 0 heterocycles. The zero-order valence-electron chi connectivity index (χ0n) is 12.1. The standard InChI is InChI=1S/C15H29N3.HI/c16-15(18-14-10-2-1-3-11-14)17-12-6-9-13-7-4-5-8-13;/h13-14H,1-12H2,(H3,16,17,18);1H. The monoisotopic (exact) mass is 379 g/mol. The predicted molar refractivity (Wildman–Crippen MR) is 93.1 cm³/mol. The molecule has 2 fully saturated rings. The van der Waals surface area contributed by atoms with Gasteiger partial charge in [0.05, 0.1) is 0 Å². The van der Waals surface area contributed by atoms with Crippen LogP contribution in [0.3, 0.4) is 0 Å². The normalized spacial score (nSPS) is 22.2. The van der Waals surface area contributed by atoms with Crippen LogP contribution in [0.1, 0.15) is 70.6 Å². The molecule has 0 saturated heterocycles. The van der Waals surface area contributed by atoms with E-state index in [9.17, 15) is 0 Å². The lowest BCUT2D eigenvalue weighted by atomic mass is 9.96. The van der Waals surface area contributed by atoms with Gasteiger partial charge in [0.2, 0.25) is 0 Å². The first kappa shape index (κ1) is 17.1. The summed E-state index contributed by atoms with van der Waals surface area (Å²) in [5.74, 6) is 1.65. The third-order valence-corrected chi connectivity index (χ3v) is 4.48. The first-order valence-corrected chi connectivity index (χ1v) is 7.91.